The van der Waals surface area contributed by atoms with E-state index in [4.69, 9.17) is 10.5 Å². The van der Waals surface area contributed by atoms with Crippen molar-refractivity contribution < 1.29 is 0 Å². The normalized spacial score (nSPS) is 16.2. The minimum Gasteiger partial charge on any atom is -0.351 e. The van der Waals surface area contributed by atoms with E-state index >= 15 is 0 Å². The summed E-state index contributed by atoms with van der Waals surface area (Å²) in [7, 11) is 1.95. The summed E-state index contributed by atoms with van der Waals surface area (Å²) in [5.41, 5.74) is 1.14. The second-order valence-corrected chi connectivity index (χ2v) is 3.09. The van der Waals surface area contributed by atoms with Crippen molar-refractivity contribution in [3.8, 4) is 12.1 Å². The molecule has 0 spiro atoms. The van der Waals surface area contributed by atoms with E-state index < -0.39 is 0 Å². The molecular formula is C13H11N3. The van der Waals surface area contributed by atoms with E-state index in [-0.39, 0.29) is 5.57 Å². The molecule has 0 aromatic heterocycles. The fraction of sp³-hybridized carbons (Fsp3) is 0.0769. The van der Waals surface area contributed by atoms with Crippen LogP contribution in [0.5, 0.6) is 0 Å². The first kappa shape index (κ1) is 11.6. The Bertz CT molecular complexity index is 460. The Morgan fingerprint density at radius 1 is 1.25 bits per heavy atom. The molecule has 3 nitrogen and oxygen atoms in total. The molecule has 1 heterocycles. The molecule has 3 heteroatoms. The van der Waals surface area contributed by atoms with Crippen LogP contribution in [0.4, 0.5) is 0 Å². The van der Waals surface area contributed by atoms with Crippen molar-refractivity contribution in [2.75, 3.05) is 7.05 Å². The molecule has 0 radical (unpaired) electrons. The number of rotatable bonds is 2. The predicted molar refractivity (Wildman–Crippen MR) is 62.6 cm³/mol. The third-order valence-electron chi connectivity index (χ3n) is 1.98. The monoisotopic (exact) mass is 209 g/mol. The highest BCUT2D eigenvalue weighted by Gasteiger charge is 1.97. The summed E-state index contributed by atoms with van der Waals surface area (Å²) in [6.07, 6.45) is 14.7. The molecule has 1 rings (SSSR count). The highest BCUT2D eigenvalue weighted by atomic mass is 15.1. The van der Waals surface area contributed by atoms with Crippen molar-refractivity contribution in [2.45, 2.75) is 0 Å². The van der Waals surface area contributed by atoms with Crippen LogP contribution in [-0.2, 0) is 0 Å². The first-order valence-corrected chi connectivity index (χ1v) is 4.74. The summed E-state index contributed by atoms with van der Waals surface area (Å²) in [6, 6.07) is 3.58. The van der Waals surface area contributed by atoms with Crippen molar-refractivity contribution in [1.82, 2.24) is 4.90 Å². The highest BCUT2D eigenvalue weighted by molar-refractivity contribution is 5.39. The van der Waals surface area contributed by atoms with Gasteiger partial charge in [0.15, 0.2) is 0 Å². The Morgan fingerprint density at radius 3 is 2.62 bits per heavy atom. The van der Waals surface area contributed by atoms with Crippen LogP contribution in [0.1, 0.15) is 0 Å². The molecule has 0 saturated carbocycles. The molecule has 0 unspecified atom stereocenters. The average Bonchev–Trinajstić information content (AvgIpc) is 2.31. The quantitative estimate of drug-likeness (QED) is 0.518. The number of nitriles is 2. The minimum atomic E-state index is 0.0992. The van der Waals surface area contributed by atoms with E-state index in [1.807, 2.05) is 42.5 Å². The lowest BCUT2D eigenvalue weighted by atomic mass is 10.2. The Morgan fingerprint density at radius 2 is 2.00 bits per heavy atom. The summed E-state index contributed by atoms with van der Waals surface area (Å²) in [5.74, 6) is 0. The molecule has 0 bridgehead atoms. The van der Waals surface area contributed by atoms with Gasteiger partial charge in [-0.25, -0.2) is 0 Å². The molecule has 0 aliphatic carbocycles. The Labute approximate surface area is 95.2 Å². The molecule has 0 aromatic rings. The van der Waals surface area contributed by atoms with Gasteiger partial charge in [0.25, 0.3) is 0 Å². The summed E-state index contributed by atoms with van der Waals surface area (Å²) in [4.78, 5) is 1.98. The smallest absolute Gasteiger partial charge is 0.129 e. The van der Waals surface area contributed by atoms with Gasteiger partial charge in [-0.3, -0.25) is 0 Å². The van der Waals surface area contributed by atoms with Gasteiger partial charge in [0.2, 0.25) is 0 Å². The van der Waals surface area contributed by atoms with Gasteiger partial charge in [-0.15, -0.1) is 0 Å². The number of nitrogens with zero attached hydrogens (tertiary/aromatic N) is 3. The zero-order valence-corrected chi connectivity index (χ0v) is 8.96. The van der Waals surface area contributed by atoms with E-state index in [0.29, 0.717) is 0 Å². The van der Waals surface area contributed by atoms with Crippen LogP contribution in [0.3, 0.4) is 0 Å². The standard InChI is InChI=1S/C13H11N3/c1-16-9-5-4-8-13(16)7-3-2-6-12(10-14)11-15/h2-9H,1H3/b3-2+,13-7-. The van der Waals surface area contributed by atoms with Crippen LogP contribution < -0.4 is 0 Å². The molecule has 1 aliphatic heterocycles. The third-order valence-corrected chi connectivity index (χ3v) is 1.98. The maximum atomic E-state index is 8.50. The van der Waals surface area contributed by atoms with Gasteiger partial charge in [-0.05, 0) is 24.3 Å². The van der Waals surface area contributed by atoms with Crippen LogP contribution in [-0.4, -0.2) is 11.9 Å². The Kier molecular flexibility index (Phi) is 4.37. The van der Waals surface area contributed by atoms with E-state index in [2.05, 4.69) is 0 Å². The molecule has 16 heavy (non-hydrogen) atoms. The molecule has 0 N–H and O–H groups in total. The molecule has 0 atom stereocenters. The van der Waals surface area contributed by atoms with Crippen LogP contribution in [0.15, 0.2) is 60.0 Å². The van der Waals surface area contributed by atoms with Gasteiger partial charge in [0, 0.05) is 18.9 Å². The highest BCUT2D eigenvalue weighted by Crippen LogP contribution is 2.09. The van der Waals surface area contributed by atoms with Gasteiger partial charge in [0.1, 0.15) is 17.7 Å². The Hall–Kier alpha value is -2.52. The van der Waals surface area contributed by atoms with Crippen LogP contribution in [0, 0.1) is 22.7 Å². The number of likely N-dealkylation sites (N-methyl/N-ethyl adjacent to an activating group) is 1. The van der Waals surface area contributed by atoms with E-state index in [1.165, 1.54) is 6.08 Å². The summed E-state index contributed by atoms with van der Waals surface area (Å²) < 4.78 is 0. The van der Waals surface area contributed by atoms with Crippen molar-refractivity contribution >= 4 is 0 Å². The van der Waals surface area contributed by atoms with Gasteiger partial charge >= 0.3 is 0 Å². The topological polar surface area (TPSA) is 50.8 Å². The van der Waals surface area contributed by atoms with Gasteiger partial charge in [-0.2, -0.15) is 10.5 Å². The lowest BCUT2D eigenvalue weighted by molar-refractivity contribution is 0.584. The maximum absolute atomic E-state index is 8.50. The van der Waals surface area contributed by atoms with Crippen molar-refractivity contribution in [2.24, 2.45) is 0 Å². The number of hydrogen-bond acceptors (Lipinski definition) is 3. The summed E-state index contributed by atoms with van der Waals surface area (Å²) in [6.45, 7) is 0. The van der Waals surface area contributed by atoms with E-state index in [9.17, 15) is 0 Å². The predicted octanol–water partition coefficient (Wildman–Crippen LogP) is 2.42. The van der Waals surface area contributed by atoms with Crippen molar-refractivity contribution in [3.63, 3.8) is 0 Å². The van der Waals surface area contributed by atoms with Gasteiger partial charge in [0.05, 0.1) is 0 Å². The minimum absolute atomic E-state index is 0.0992. The molecule has 0 aromatic carbocycles. The van der Waals surface area contributed by atoms with Crippen molar-refractivity contribution in [3.05, 3.63) is 60.0 Å². The zero-order chi connectivity index (χ0) is 11.8. The van der Waals surface area contributed by atoms with Crippen molar-refractivity contribution in [1.29, 1.82) is 10.5 Å². The molecule has 0 saturated heterocycles. The van der Waals surface area contributed by atoms with Crippen LogP contribution in [0.2, 0.25) is 0 Å². The largest absolute Gasteiger partial charge is 0.351 e. The first-order chi connectivity index (χ1) is 7.77. The number of hydrogen-bond donors (Lipinski definition) is 0. The lowest BCUT2D eigenvalue weighted by Crippen LogP contribution is -2.09. The van der Waals surface area contributed by atoms with Crippen LogP contribution in [0.25, 0.3) is 0 Å². The molecular weight excluding hydrogens is 198 g/mol. The average molecular weight is 209 g/mol. The second kappa shape index (κ2) is 6.06. The molecule has 1 aliphatic rings. The fourth-order valence-electron chi connectivity index (χ4n) is 1.12. The molecule has 78 valence electrons. The van der Waals surface area contributed by atoms with E-state index in [0.717, 1.165) is 5.70 Å². The Balaban J connectivity index is 2.68. The number of allylic oxidation sites excluding steroid dienone is 8. The van der Waals surface area contributed by atoms with Crippen LogP contribution >= 0.6 is 0 Å². The summed E-state index contributed by atoms with van der Waals surface area (Å²) in [5, 5.41) is 17.0. The lowest BCUT2D eigenvalue weighted by Gasteiger charge is -2.16. The first-order valence-electron chi connectivity index (χ1n) is 4.74. The third kappa shape index (κ3) is 3.32. The molecule has 0 fully saturated rings. The zero-order valence-electron chi connectivity index (χ0n) is 8.96. The molecule has 0 amide bonds. The SMILES string of the molecule is CN1C=CC=C/C1=C/C=C/C=C(C#N)C#N. The fourth-order valence-corrected chi connectivity index (χ4v) is 1.12. The van der Waals surface area contributed by atoms with Gasteiger partial charge in [-0.1, -0.05) is 18.2 Å². The van der Waals surface area contributed by atoms with Gasteiger partial charge < -0.3 is 4.90 Å². The van der Waals surface area contributed by atoms with E-state index in [1.54, 1.807) is 24.3 Å². The summed E-state index contributed by atoms with van der Waals surface area (Å²) >= 11 is 0. The maximum Gasteiger partial charge on any atom is 0.129 e. The second-order valence-electron chi connectivity index (χ2n) is 3.09.